The third-order valence-electron chi connectivity index (χ3n) is 3.36. The quantitative estimate of drug-likeness (QED) is 0.761. The van der Waals surface area contributed by atoms with Crippen molar-refractivity contribution in [3.05, 3.63) is 16.1 Å². The van der Waals surface area contributed by atoms with Crippen molar-refractivity contribution in [3.8, 4) is 0 Å². The van der Waals surface area contributed by atoms with Crippen LogP contribution in [0.5, 0.6) is 0 Å². The van der Waals surface area contributed by atoms with Crippen LogP contribution in [0.3, 0.4) is 0 Å². The minimum absolute atomic E-state index is 0.00501. The predicted molar refractivity (Wildman–Crippen MR) is 72.7 cm³/mol. The molecule has 0 radical (unpaired) electrons. The first-order chi connectivity index (χ1) is 9.47. The molecule has 20 heavy (non-hydrogen) atoms. The van der Waals surface area contributed by atoms with E-state index in [1.165, 1.54) is 16.7 Å². The average Bonchev–Trinajstić information content (AvgIpc) is 3.05. The molecule has 0 bridgehead atoms. The number of aliphatic hydroxyl groups excluding tert-OH is 1. The second kappa shape index (κ2) is 6.19. The molecule has 7 nitrogen and oxygen atoms in total. The first-order valence-corrected chi connectivity index (χ1v) is 7.24. The Balaban J connectivity index is 1.82. The Kier molecular flexibility index (Phi) is 4.56. The first kappa shape index (κ1) is 14.7. The molecule has 1 saturated heterocycles. The lowest BCUT2D eigenvalue weighted by Crippen LogP contribution is -2.38. The molecule has 0 saturated carbocycles. The number of carboxylic acids is 1. The molecular weight excluding hydrogens is 282 g/mol. The molecule has 1 aliphatic rings. The maximum Gasteiger partial charge on any atom is 0.355 e. The van der Waals surface area contributed by atoms with Crippen molar-refractivity contribution in [2.75, 3.05) is 13.1 Å². The highest BCUT2D eigenvalue weighted by Gasteiger charge is 2.28. The first-order valence-electron chi connectivity index (χ1n) is 6.36. The molecule has 1 aliphatic heterocycles. The van der Waals surface area contributed by atoms with E-state index < -0.39 is 12.1 Å². The topological polar surface area (TPSA) is 103 Å². The van der Waals surface area contributed by atoms with E-state index in [1.807, 2.05) is 0 Å². The monoisotopic (exact) mass is 299 g/mol. The number of hydrogen-bond acceptors (Lipinski definition) is 5. The molecule has 0 spiro atoms. The van der Waals surface area contributed by atoms with Gasteiger partial charge in [-0.05, 0) is 13.3 Å². The normalized spacial score (nSPS) is 19.9. The number of carbonyl (C=O) groups excluding carboxylic acids is 1. The van der Waals surface area contributed by atoms with Gasteiger partial charge in [-0.1, -0.05) is 0 Å². The number of aromatic carboxylic acids is 1. The molecule has 2 heterocycles. The second-order valence-electron chi connectivity index (χ2n) is 4.83. The van der Waals surface area contributed by atoms with Crippen molar-refractivity contribution in [3.63, 3.8) is 0 Å². The summed E-state index contributed by atoms with van der Waals surface area (Å²) in [5.41, 5.74) is -0.00501. The van der Waals surface area contributed by atoms with E-state index in [9.17, 15) is 14.7 Å². The number of rotatable bonds is 4. The highest BCUT2D eigenvalue weighted by molar-refractivity contribution is 7.09. The number of urea groups is 1. The Hall–Kier alpha value is -1.67. The van der Waals surface area contributed by atoms with Crippen LogP contribution in [-0.2, 0) is 6.54 Å². The molecule has 110 valence electrons. The number of nitrogens with one attached hydrogen (secondary N) is 1. The molecule has 0 aliphatic carbocycles. The van der Waals surface area contributed by atoms with E-state index in [4.69, 9.17) is 5.11 Å². The third-order valence-corrected chi connectivity index (χ3v) is 4.20. The van der Waals surface area contributed by atoms with Crippen LogP contribution >= 0.6 is 11.3 Å². The number of hydrogen-bond donors (Lipinski definition) is 3. The summed E-state index contributed by atoms with van der Waals surface area (Å²) < 4.78 is 0. The zero-order valence-corrected chi connectivity index (χ0v) is 11.9. The van der Waals surface area contributed by atoms with Gasteiger partial charge in [0.2, 0.25) is 0 Å². The molecule has 2 amide bonds. The standard InChI is InChI=1S/C12H17N3O4S/c1-7(16)8-2-3-15(5-8)12(19)13-4-10-14-9(6-20-10)11(17)18/h6-8,16H,2-5H2,1H3,(H,13,19)(H,17,18). The van der Waals surface area contributed by atoms with Gasteiger partial charge in [0.25, 0.3) is 0 Å². The number of nitrogens with zero attached hydrogens (tertiary/aromatic N) is 2. The summed E-state index contributed by atoms with van der Waals surface area (Å²) in [6, 6.07) is -0.208. The fourth-order valence-electron chi connectivity index (χ4n) is 2.12. The van der Waals surface area contributed by atoms with Crippen molar-refractivity contribution >= 4 is 23.3 Å². The number of likely N-dealkylation sites (tertiary alicyclic amines) is 1. The zero-order chi connectivity index (χ0) is 14.7. The lowest BCUT2D eigenvalue weighted by Gasteiger charge is -2.17. The van der Waals surface area contributed by atoms with Crippen molar-refractivity contribution in [2.45, 2.75) is 26.0 Å². The van der Waals surface area contributed by atoms with Crippen LogP contribution in [-0.4, -0.2) is 51.3 Å². The molecule has 0 aromatic carbocycles. The van der Waals surface area contributed by atoms with Crippen molar-refractivity contribution < 1.29 is 19.8 Å². The fraction of sp³-hybridized carbons (Fsp3) is 0.583. The predicted octanol–water partition coefficient (Wildman–Crippen LogP) is 0.754. The molecule has 2 atom stereocenters. The minimum atomic E-state index is -1.07. The van der Waals surface area contributed by atoms with E-state index in [2.05, 4.69) is 10.3 Å². The summed E-state index contributed by atoms with van der Waals surface area (Å²) in [6.45, 7) is 3.11. The number of aliphatic hydroxyl groups is 1. The number of thiazole rings is 1. The molecule has 8 heteroatoms. The zero-order valence-electron chi connectivity index (χ0n) is 11.1. The van der Waals surface area contributed by atoms with Crippen molar-refractivity contribution in [2.24, 2.45) is 5.92 Å². The average molecular weight is 299 g/mol. The Morgan fingerprint density at radius 3 is 2.95 bits per heavy atom. The highest BCUT2D eigenvalue weighted by Crippen LogP contribution is 2.19. The maximum absolute atomic E-state index is 11.9. The van der Waals surface area contributed by atoms with Gasteiger partial charge in [0.15, 0.2) is 5.69 Å². The van der Waals surface area contributed by atoms with Gasteiger partial charge in [-0.3, -0.25) is 0 Å². The summed E-state index contributed by atoms with van der Waals surface area (Å²) in [7, 11) is 0. The maximum atomic E-state index is 11.9. The van der Waals surface area contributed by atoms with Gasteiger partial charge < -0.3 is 20.4 Å². The third kappa shape index (κ3) is 3.45. The summed E-state index contributed by atoms with van der Waals surface area (Å²) >= 11 is 1.20. The summed E-state index contributed by atoms with van der Waals surface area (Å²) in [6.07, 6.45) is 0.385. The minimum Gasteiger partial charge on any atom is -0.476 e. The summed E-state index contributed by atoms with van der Waals surface area (Å²) in [5.74, 6) is -0.947. The van der Waals surface area contributed by atoms with Crippen LogP contribution in [0.1, 0.15) is 28.8 Å². The van der Waals surface area contributed by atoms with Gasteiger partial charge in [0.05, 0.1) is 12.6 Å². The number of aromatic nitrogens is 1. The number of amides is 2. The van der Waals surface area contributed by atoms with Crippen LogP contribution in [0.15, 0.2) is 5.38 Å². The Bertz CT molecular complexity index is 503. The van der Waals surface area contributed by atoms with Gasteiger partial charge in [-0.15, -0.1) is 11.3 Å². The largest absolute Gasteiger partial charge is 0.476 e. The van der Waals surface area contributed by atoms with E-state index >= 15 is 0 Å². The van der Waals surface area contributed by atoms with Crippen LogP contribution < -0.4 is 5.32 Å². The van der Waals surface area contributed by atoms with Crippen LogP contribution in [0.4, 0.5) is 4.79 Å². The Labute approximate surface area is 120 Å². The van der Waals surface area contributed by atoms with Crippen molar-refractivity contribution in [1.29, 1.82) is 0 Å². The molecule has 1 aromatic rings. The summed E-state index contributed by atoms with van der Waals surface area (Å²) in [4.78, 5) is 28.2. The van der Waals surface area contributed by atoms with E-state index in [0.29, 0.717) is 18.1 Å². The van der Waals surface area contributed by atoms with Gasteiger partial charge in [-0.25, -0.2) is 14.6 Å². The second-order valence-corrected chi connectivity index (χ2v) is 5.77. The lowest BCUT2D eigenvalue weighted by atomic mass is 10.0. The van der Waals surface area contributed by atoms with Crippen LogP contribution in [0.2, 0.25) is 0 Å². The Morgan fingerprint density at radius 2 is 2.40 bits per heavy atom. The molecule has 3 N–H and O–H groups in total. The molecular formula is C12H17N3O4S. The molecule has 1 fully saturated rings. The van der Waals surface area contributed by atoms with Gasteiger partial charge in [0, 0.05) is 24.4 Å². The molecule has 2 unspecified atom stereocenters. The van der Waals surface area contributed by atoms with E-state index in [1.54, 1.807) is 11.8 Å². The van der Waals surface area contributed by atoms with E-state index in [0.717, 1.165) is 6.42 Å². The lowest BCUT2D eigenvalue weighted by molar-refractivity contribution is 0.0691. The van der Waals surface area contributed by atoms with Crippen LogP contribution in [0, 0.1) is 5.92 Å². The summed E-state index contributed by atoms with van der Waals surface area (Å²) in [5, 5.41) is 23.0. The van der Waals surface area contributed by atoms with Crippen molar-refractivity contribution in [1.82, 2.24) is 15.2 Å². The molecule has 2 rings (SSSR count). The molecule has 1 aromatic heterocycles. The number of carbonyl (C=O) groups is 2. The Morgan fingerprint density at radius 1 is 1.65 bits per heavy atom. The smallest absolute Gasteiger partial charge is 0.355 e. The fourth-order valence-corrected chi connectivity index (χ4v) is 2.83. The van der Waals surface area contributed by atoms with Crippen LogP contribution in [0.25, 0.3) is 0 Å². The number of carboxylic acid groups (broad SMARTS) is 1. The van der Waals surface area contributed by atoms with E-state index in [-0.39, 0.29) is 24.2 Å². The SMILES string of the molecule is CC(O)C1CCN(C(=O)NCc2nc(C(=O)O)cs2)C1. The van der Waals surface area contributed by atoms with Gasteiger partial charge >= 0.3 is 12.0 Å². The van der Waals surface area contributed by atoms with Gasteiger partial charge in [-0.2, -0.15) is 0 Å². The highest BCUT2D eigenvalue weighted by atomic mass is 32.1. The van der Waals surface area contributed by atoms with Gasteiger partial charge in [0.1, 0.15) is 5.01 Å².